The summed E-state index contributed by atoms with van der Waals surface area (Å²) in [5, 5.41) is 15.4. The van der Waals surface area contributed by atoms with Crippen LogP contribution in [0.3, 0.4) is 0 Å². The third kappa shape index (κ3) is 4.47. The fourth-order valence-corrected chi connectivity index (χ4v) is 3.09. The molecule has 0 unspecified atom stereocenters. The summed E-state index contributed by atoms with van der Waals surface area (Å²) in [4.78, 5) is 12.1. The molecule has 7 nitrogen and oxygen atoms in total. The summed E-state index contributed by atoms with van der Waals surface area (Å²) in [6.45, 7) is 3.11. The van der Waals surface area contributed by atoms with Crippen LogP contribution >= 0.6 is 23.2 Å². The summed E-state index contributed by atoms with van der Waals surface area (Å²) in [5.74, 6) is 0. The Labute approximate surface area is 154 Å². The molecule has 0 atom stereocenters. The van der Waals surface area contributed by atoms with Crippen LogP contribution in [0.5, 0.6) is 0 Å². The summed E-state index contributed by atoms with van der Waals surface area (Å²) in [6, 6.07) is 8.38. The lowest BCUT2D eigenvalue weighted by molar-refractivity contribution is -0.385. The van der Waals surface area contributed by atoms with Crippen molar-refractivity contribution in [2.45, 2.75) is 18.7 Å². The van der Waals surface area contributed by atoms with Gasteiger partial charge in [0.25, 0.3) is 15.7 Å². The quantitative estimate of drug-likeness (QED) is 0.465. The number of sulfonamides is 1. The first kappa shape index (κ1) is 19.2. The molecular formula is C15H13Cl2N3O4S. The van der Waals surface area contributed by atoms with Crippen LogP contribution in [0, 0.1) is 17.0 Å². The molecule has 0 saturated carbocycles. The first-order valence-electron chi connectivity index (χ1n) is 6.88. The van der Waals surface area contributed by atoms with Crippen molar-refractivity contribution in [2.75, 3.05) is 0 Å². The Morgan fingerprint density at radius 3 is 2.44 bits per heavy atom. The molecule has 0 aromatic heterocycles. The third-order valence-electron chi connectivity index (χ3n) is 3.36. The molecule has 0 spiro atoms. The molecule has 0 heterocycles. The second-order valence-electron chi connectivity index (χ2n) is 5.13. The van der Waals surface area contributed by atoms with E-state index in [9.17, 15) is 18.5 Å². The van der Waals surface area contributed by atoms with Crippen molar-refractivity contribution in [3.63, 3.8) is 0 Å². The van der Waals surface area contributed by atoms with E-state index < -0.39 is 14.9 Å². The minimum Gasteiger partial charge on any atom is -0.258 e. The second kappa shape index (κ2) is 7.38. The molecule has 2 rings (SSSR count). The standard InChI is InChI=1S/C15H13Cl2N3O4S/c1-9-3-5-12(8-15(9)20(21)22)25(23,24)19-18-10(2)11-4-6-13(16)14(17)7-11/h3-8,19H,1-2H3/b18-10-. The number of hydrogen-bond acceptors (Lipinski definition) is 5. The smallest absolute Gasteiger partial charge is 0.258 e. The van der Waals surface area contributed by atoms with Crippen molar-refractivity contribution in [1.29, 1.82) is 0 Å². The van der Waals surface area contributed by atoms with Gasteiger partial charge >= 0.3 is 0 Å². The monoisotopic (exact) mass is 401 g/mol. The lowest BCUT2D eigenvalue weighted by atomic mass is 10.1. The number of nitro groups is 1. The van der Waals surface area contributed by atoms with Crippen molar-refractivity contribution in [1.82, 2.24) is 4.83 Å². The number of hydrogen-bond donors (Lipinski definition) is 1. The largest absolute Gasteiger partial charge is 0.276 e. The molecule has 0 aliphatic carbocycles. The van der Waals surface area contributed by atoms with E-state index in [1.54, 1.807) is 25.1 Å². The molecule has 0 aliphatic heterocycles. The number of nitro benzene ring substituents is 1. The fourth-order valence-electron chi connectivity index (χ4n) is 1.92. The van der Waals surface area contributed by atoms with Gasteiger partial charge in [0.2, 0.25) is 0 Å². The number of nitrogens with one attached hydrogen (secondary N) is 1. The average molecular weight is 402 g/mol. The molecule has 132 valence electrons. The van der Waals surface area contributed by atoms with Crippen molar-refractivity contribution in [3.05, 3.63) is 67.7 Å². The topological polar surface area (TPSA) is 102 Å². The van der Waals surface area contributed by atoms with E-state index in [1.807, 2.05) is 0 Å². The van der Waals surface area contributed by atoms with E-state index in [1.165, 1.54) is 19.1 Å². The Hall–Kier alpha value is -2.16. The molecule has 0 radical (unpaired) electrons. The zero-order chi connectivity index (χ0) is 18.8. The minimum absolute atomic E-state index is 0.254. The first-order chi connectivity index (χ1) is 11.6. The van der Waals surface area contributed by atoms with Crippen molar-refractivity contribution in [2.24, 2.45) is 5.10 Å². The molecule has 0 saturated heterocycles. The van der Waals surface area contributed by atoms with Gasteiger partial charge in [-0.25, -0.2) is 0 Å². The van der Waals surface area contributed by atoms with Crippen LogP contribution in [0.15, 0.2) is 46.4 Å². The van der Waals surface area contributed by atoms with Crippen LogP contribution in [-0.2, 0) is 10.0 Å². The Morgan fingerprint density at radius 2 is 1.84 bits per heavy atom. The van der Waals surface area contributed by atoms with E-state index in [4.69, 9.17) is 23.2 Å². The third-order valence-corrected chi connectivity index (χ3v) is 5.30. The van der Waals surface area contributed by atoms with Crippen molar-refractivity contribution >= 4 is 44.6 Å². The summed E-state index contributed by atoms with van der Waals surface area (Å²) in [7, 11) is -4.06. The fraction of sp³-hybridized carbons (Fsp3) is 0.133. The lowest BCUT2D eigenvalue weighted by Crippen LogP contribution is -2.20. The number of nitrogens with zero attached hydrogens (tertiary/aromatic N) is 2. The highest BCUT2D eigenvalue weighted by atomic mass is 35.5. The highest BCUT2D eigenvalue weighted by molar-refractivity contribution is 7.89. The molecule has 1 N–H and O–H groups in total. The summed E-state index contributed by atoms with van der Waals surface area (Å²) in [6.07, 6.45) is 0. The van der Waals surface area contributed by atoms with Gasteiger partial charge in [-0.15, -0.1) is 0 Å². The van der Waals surface area contributed by atoms with Crippen LogP contribution in [-0.4, -0.2) is 19.1 Å². The molecule has 2 aromatic rings. The summed E-state index contributed by atoms with van der Waals surface area (Å²) < 4.78 is 24.6. The molecule has 0 aliphatic rings. The van der Waals surface area contributed by atoms with Crippen LogP contribution < -0.4 is 4.83 Å². The predicted octanol–water partition coefficient (Wildman–Crippen LogP) is 3.91. The van der Waals surface area contributed by atoms with Crippen LogP contribution in [0.2, 0.25) is 10.0 Å². The van der Waals surface area contributed by atoms with Crippen LogP contribution in [0.25, 0.3) is 0 Å². The number of benzene rings is 2. The lowest BCUT2D eigenvalue weighted by Gasteiger charge is -2.07. The molecular weight excluding hydrogens is 389 g/mol. The normalized spacial score (nSPS) is 12.1. The van der Waals surface area contributed by atoms with Crippen LogP contribution in [0.1, 0.15) is 18.1 Å². The number of rotatable bonds is 5. The van der Waals surface area contributed by atoms with Crippen LogP contribution in [0.4, 0.5) is 5.69 Å². The molecule has 10 heteroatoms. The van der Waals surface area contributed by atoms with Crippen molar-refractivity contribution in [3.8, 4) is 0 Å². The Morgan fingerprint density at radius 1 is 1.16 bits per heavy atom. The van der Waals surface area contributed by atoms with E-state index in [0.29, 0.717) is 26.9 Å². The Balaban J connectivity index is 2.30. The van der Waals surface area contributed by atoms with Gasteiger partial charge in [-0.1, -0.05) is 35.3 Å². The SMILES string of the molecule is C/C(=N/NS(=O)(=O)c1ccc(C)c([N+](=O)[O-])c1)c1ccc(Cl)c(Cl)c1. The Bertz CT molecular complexity index is 975. The zero-order valence-corrected chi connectivity index (χ0v) is 15.5. The first-order valence-corrected chi connectivity index (χ1v) is 9.12. The average Bonchev–Trinajstić information content (AvgIpc) is 2.55. The van der Waals surface area contributed by atoms with Crippen molar-refractivity contribution < 1.29 is 13.3 Å². The molecule has 0 fully saturated rings. The summed E-state index contributed by atoms with van der Waals surface area (Å²) >= 11 is 11.7. The highest BCUT2D eigenvalue weighted by Gasteiger charge is 2.19. The van der Waals surface area contributed by atoms with Gasteiger partial charge in [-0.3, -0.25) is 10.1 Å². The predicted molar refractivity (Wildman–Crippen MR) is 96.8 cm³/mol. The molecule has 25 heavy (non-hydrogen) atoms. The van der Waals surface area contributed by atoms with Gasteiger partial charge in [0.15, 0.2) is 0 Å². The zero-order valence-electron chi connectivity index (χ0n) is 13.2. The number of aryl methyl sites for hydroxylation is 1. The Kier molecular flexibility index (Phi) is 5.66. The highest BCUT2D eigenvalue weighted by Crippen LogP contribution is 2.24. The summed E-state index contributed by atoms with van der Waals surface area (Å²) in [5.41, 5.74) is 1.00. The van der Waals surface area contributed by atoms with Gasteiger partial charge in [-0.2, -0.15) is 18.4 Å². The maximum atomic E-state index is 12.3. The van der Waals surface area contributed by atoms with Gasteiger partial charge in [0.05, 0.1) is 25.6 Å². The maximum Gasteiger partial charge on any atom is 0.276 e. The van der Waals surface area contributed by atoms with E-state index >= 15 is 0 Å². The molecule has 0 bridgehead atoms. The van der Waals surface area contributed by atoms with E-state index in [0.717, 1.165) is 6.07 Å². The number of hydrazone groups is 1. The second-order valence-corrected chi connectivity index (χ2v) is 7.60. The van der Waals surface area contributed by atoms with Gasteiger partial charge in [-0.05, 0) is 37.6 Å². The molecule has 2 aromatic carbocycles. The van der Waals surface area contributed by atoms with E-state index in [-0.39, 0.29) is 10.6 Å². The minimum atomic E-state index is -4.06. The maximum absolute atomic E-state index is 12.3. The number of halogens is 2. The van der Waals surface area contributed by atoms with Gasteiger partial charge in [0, 0.05) is 11.6 Å². The van der Waals surface area contributed by atoms with E-state index in [2.05, 4.69) is 9.93 Å². The molecule has 0 amide bonds. The van der Waals surface area contributed by atoms with Gasteiger partial charge in [0.1, 0.15) is 0 Å². The van der Waals surface area contributed by atoms with Gasteiger partial charge < -0.3 is 0 Å².